The summed E-state index contributed by atoms with van der Waals surface area (Å²) >= 11 is 0. The van der Waals surface area contributed by atoms with Crippen LogP contribution in [-0.2, 0) is 18.0 Å². The Morgan fingerprint density at radius 1 is 0.654 bits per heavy atom. The maximum Gasteiger partial charge on any atom is 0.317 e. The summed E-state index contributed by atoms with van der Waals surface area (Å²) < 4.78 is 55.4. The standard InChI is InChI=1S/C28H25FN6O3.C27H24FN5O3.C4H9NO2/c1-16-31-11-17(12-32-16)14-37-23-8-19(29)9-24(10-23)38-22-4-2-20(3-5-22)35-13-25(18-6-21(36)7-18)26-27(35)28(30)34-15-33-26;1-16-31-12-17(13-32-16)15-35-23-9-19(28)10-24(11-23)36-22-5-3-20(4-6-22)33-14-25(18-7-21(34)8-18)26(29)27(33)30-2;1-5(2)3-4(6)7/h2-5,8-13,15,18,21,36H,6-7,14H2,1H3,(H2,30,33,34);3-6,9-14,18,21,34H,7-8,15,29H2,1H3;3H2,1-2H3,(H,6,7). The molecule has 2 aliphatic rings. The first kappa shape index (κ1) is 56.2. The molecule has 81 heavy (non-hydrogen) atoms. The third-order valence-corrected chi connectivity index (χ3v) is 13.2. The number of halogens is 2. The lowest BCUT2D eigenvalue weighted by Gasteiger charge is -2.31. The van der Waals surface area contributed by atoms with Crippen LogP contribution in [0, 0.1) is 32.1 Å². The van der Waals surface area contributed by atoms with Gasteiger partial charge in [0.2, 0.25) is 0 Å². The highest BCUT2D eigenvalue weighted by Crippen LogP contribution is 2.45. The fourth-order valence-corrected chi connectivity index (χ4v) is 9.03. The average molecular weight is 1100 g/mol. The number of aliphatic hydroxyl groups is 2. The minimum Gasteiger partial charge on any atom is -0.489 e. The Kier molecular flexibility index (Phi) is 17.4. The highest BCUT2D eigenvalue weighted by molar-refractivity contribution is 5.90. The molecule has 7 N–H and O–H groups in total. The third-order valence-electron chi connectivity index (χ3n) is 13.2. The van der Waals surface area contributed by atoms with Crippen molar-refractivity contribution in [3.05, 3.63) is 185 Å². The van der Waals surface area contributed by atoms with Crippen LogP contribution in [0.4, 0.5) is 26.1 Å². The number of carbonyl (C=O) groups is 1. The number of carboxylic acids is 1. The predicted molar refractivity (Wildman–Crippen MR) is 297 cm³/mol. The molecule has 2 aliphatic carbocycles. The van der Waals surface area contributed by atoms with Crippen LogP contribution in [0.1, 0.15) is 71.4 Å². The van der Waals surface area contributed by atoms with Crippen LogP contribution in [-0.4, -0.2) is 98.1 Å². The molecule has 20 nitrogen and oxygen atoms in total. The summed E-state index contributed by atoms with van der Waals surface area (Å²) in [5, 5.41) is 27.5. The number of nitrogen functional groups attached to an aromatic ring is 2. The SMILES string of the molecule is CN(C)CC(=O)O.Cc1ncc(COc2cc(F)cc(Oc3ccc(-n4cc(C5CC(O)C5)c5ncnc(N)c54)cc3)c2)cn1.[C-]#[N+]c1c(N)c(C2CC(O)C2)cn1-c1ccc(Oc2cc(F)cc(OCc3cnc(C)nc3)c2)cc1. The summed E-state index contributed by atoms with van der Waals surface area (Å²) in [6.07, 6.45) is 14.1. The van der Waals surface area contributed by atoms with Gasteiger partial charge in [0.25, 0.3) is 5.82 Å². The molecule has 2 fully saturated rings. The monoisotopic (exact) mass is 1100 g/mol. The van der Waals surface area contributed by atoms with E-state index in [0.717, 1.165) is 44.7 Å². The summed E-state index contributed by atoms with van der Waals surface area (Å²) in [7, 11) is 3.43. The van der Waals surface area contributed by atoms with Crippen molar-refractivity contribution in [2.75, 3.05) is 32.1 Å². The molecule has 0 spiro atoms. The minimum atomic E-state index is -0.787. The van der Waals surface area contributed by atoms with Crippen LogP contribution in [0.15, 0.2) is 128 Å². The molecule has 416 valence electrons. The number of hydrogen-bond acceptors (Lipinski definition) is 16. The normalized spacial score (nSPS) is 16.1. The number of carboxylic acid groups (broad SMARTS) is 1. The van der Waals surface area contributed by atoms with Gasteiger partial charge in [0, 0.05) is 95.3 Å². The van der Waals surface area contributed by atoms with Crippen LogP contribution in [0.25, 0.3) is 27.3 Å². The molecule has 22 heteroatoms. The number of fused-ring (bicyclic) bond motifs is 1. The Bertz CT molecular complexity index is 3670. The highest BCUT2D eigenvalue weighted by Gasteiger charge is 2.34. The molecule has 0 unspecified atom stereocenters. The number of hydrogen-bond donors (Lipinski definition) is 5. The number of anilines is 2. The van der Waals surface area contributed by atoms with Gasteiger partial charge in [0.05, 0.1) is 36.2 Å². The average Bonchev–Trinajstić information content (AvgIpc) is 4.00. The molecule has 0 amide bonds. The summed E-state index contributed by atoms with van der Waals surface area (Å²) in [6.45, 7) is 11.7. The molecule has 0 aliphatic heterocycles. The van der Waals surface area contributed by atoms with Gasteiger partial charge in [-0.3, -0.25) is 14.3 Å². The van der Waals surface area contributed by atoms with Crippen molar-refractivity contribution < 1.29 is 47.8 Å². The molecule has 9 aromatic rings. The Labute approximate surface area is 464 Å². The second-order valence-electron chi connectivity index (χ2n) is 19.8. The lowest BCUT2D eigenvalue weighted by Crippen LogP contribution is -2.26. The Morgan fingerprint density at radius 3 is 1.53 bits per heavy atom. The van der Waals surface area contributed by atoms with Crippen LogP contribution in [0.5, 0.6) is 34.5 Å². The Balaban J connectivity index is 0.000000175. The number of nitrogens with two attached hydrogens (primary N) is 2. The summed E-state index contributed by atoms with van der Waals surface area (Å²) in [5.74, 6) is 2.96. The second kappa shape index (κ2) is 25.1. The van der Waals surface area contributed by atoms with E-state index in [0.29, 0.717) is 83.4 Å². The maximum absolute atomic E-state index is 14.3. The van der Waals surface area contributed by atoms with Gasteiger partial charge in [-0.1, -0.05) is 6.57 Å². The number of benzene rings is 4. The van der Waals surface area contributed by atoms with Crippen molar-refractivity contribution in [2.24, 2.45) is 0 Å². The number of aliphatic carboxylic acids is 1. The minimum absolute atomic E-state index is 0.111. The molecule has 11 rings (SSSR count). The van der Waals surface area contributed by atoms with Crippen molar-refractivity contribution in [3.63, 3.8) is 0 Å². The number of aryl methyl sites for hydroxylation is 2. The topological polar surface area (TPSA) is 262 Å². The van der Waals surface area contributed by atoms with Crippen LogP contribution >= 0.6 is 0 Å². The van der Waals surface area contributed by atoms with Gasteiger partial charge in [-0.25, -0.2) is 38.7 Å². The number of rotatable bonds is 16. The first-order chi connectivity index (χ1) is 38.9. The van der Waals surface area contributed by atoms with Gasteiger partial charge in [0.15, 0.2) is 5.82 Å². The van der Waals surface area contributed by atoms with Crippen molar-refractivity contribution >= 4 is 34.3 Å². The fraction of sp³-hybridized carbons (Fsp3) is 0.254. The zero-order valence-electron chi connectivity index (χ0n) is 44.6. The number of ether oxygens (including phenoxy) is 4. The number of aromatic nitrogens is 8. The number of likely N-dealkylation sites (N-methyl/N-ethyl adjacent to an activating group) is 1. The molecule has 0 bridgehead atoms. The van der Waals surface area contributed by atoms with Crippen molar-refractivity contribution in [1.29, 1.82) is 0 Å². The Hall–Kier alpha value is -9.56. The van der Waals surface area contributed by atoms with Gasteiger partial charge in [0.1, 0.15) is 88.5 Å². The zero-order valence-corrected chi connectivity index (χ0v) is 44.6. The molecule has 0 saturated heterocycles. The first-order valence-corrected chi connectivity index (χ1v) is 25.7. The summed E-state index contributed by atoms with van der Waals surface area (Å²) in [4.78, 5) is 40.1. The largest absolute Gasteiger partial charge is 0.489 e. The van der Waals surface area contributed by atoms with E-state index in [1.807, 2.05) is 29.1 Å². The molecule has 0 atom stereocenters. The van der Waals surface area contributed by atoms with E-state index >= 15 is 0 Å². The first-order valence-electron chi connectivity index (χ1n) is 25.7. The van der Waals surface area contributed by atoms with Crippen LogP contribution < -0.4 is 30.4 Å². The Morgan fingerprint density at radius 2 is 1.10 bits per heavy atom. The molecule has 2 saturated carbocycles. The van der Waals surface area contributed by atoms with Crippen LogP contribution in [0.3, 0.4) is 0 Å². The maximum atomic E-state index is 14.3. The molecular weight excluding hydrogens is 1040 g/mol. The van der Waals surface area contributed by atoms with Crippen LogP contribution in [0.2, 0.25) is 0 Å². The molecule has 0 radical (unpaired) electrons. The molecule has 5 heterocycles. The summed E-state index contributed by atoms with van der Waals surface area (Å²) in [6, 6.07) is 22.8. The zero-order chi connectivity index (χ0) is 57.3. The van der Waals surface area contributed by atoms with Gasteiger partial charge in [-0.15, -0.1) is 0 Å². The van der Waals surface area contributed by atoms with E-state index in [2.05, 4.69) is 34.7 Å². The predicted octanol–water partition coefficient (Wildman–Crippen LogP) is 9.94. The fourth-order valence-electron chi connectivity index (χ4n) is 9.03. The molecule has 4 aromatic carbocycles. The molecular formula is C59H58F2N12O8. The van der Waals surface area contributed by atoms with E-state index in [1.165, 1.54) is 30.6 Å². The van der Waals surface area contributed by atoms with Crippen molar-refractivity contribution in [1.82, 2.24) is 43.9 Å². The smallest absolute Gasteiger partial charge is 0.317 e. The molecule has 5 aromatic heterocycles. The lowest BCUT2D eigenvalue weighted by atomic mass is 9.78. The second-order valence-corrected chi connectivity index (χ2v) is 19.8. The van der Waals surface area contributed by atoms with Gasteiger partial charge in [-0.2, -0.15) is 0 Å². The van der Waals surface area contributed by atoms with Gasteiger partial charge >= 0.3 is 5.97 Å². The third kappa shape index (κ3) is 14.2. The van der Waals surface area contributed by atoms with Gasteiger partial charge < -0.3 is 55.1 Å². The number of nitrogens with zero attached hydrogens (tertiary/aromatic N) is 10. The quantitative estimate of drug-likeness (QED) is 0.0564. The van der Waals surface area contributed by atoms with Crippen molar-refractivity contribution in [3.8, 4) is 45.9 Å². The lowest BCUT2D eigenvalue weighted by molar-refractivity contribution is -0.137. The highest BCUT2D eigenvalue weighted by atomic mass is 19.1. The van der Waals surface area contributed by atoms with Gasteiger partial charge in [-0.05, 0) is 114 Å². The van der Waals surface area contributed by atoms with E-state index in [4.69, 9.17) is 42.1 Å². The summed E-state index contributed by atoms with van der Waals surface area (Å²) in [5.41, 5.74) is 19.5. The van der Waals surface area contributed by atoms with E-state index in [9.17, 15) is 23.8 Å². The van der Waals surface area contributed by atoms with E-state index < -0.39 is 17.6 Å². The van der Waals surface area contributed by atoms with E-state index in [-0.39, 0.29) is 49.6 Å². The van der Waals surface area contributed by atoms with Crippen molar-refractivity contribution in [2.45, 2.75) is 76.8 Å². The number of aliphatic hydroxyl groups excluding tert-OH is 2. The van der Waals surface area contributed by atoms with E-state index in [1.54, 1.807) is 111 Å².